The summed E-state index contributed by atoms with van der Waals surface area (Å²) in [5.74, 6) is 1.13. The fourth-order valence-electron chi connectivity index (χ4n) is 1.09. The van der Waals surface area contributed by atoms with Gasteiger partial charge in [-0.1, -0.05) is 41.6 Å². The quantitative estimate of drug-likeness (QED) is 0.726. The Labute approximate surface area is 92.6 Å². The normalized spacial score (nSPS) is 10.0. The first-order valence-corrected chi connectivity index (χ1v) is 6.05. The van der Waals surface area contributed by atoms with Gasteiger partial charge in [-0.3, -0.25) is 0 Å². The van der Waals surface area contributed by atoms with E-state index in [1.165, 1.54) is 10.5 Å². The van der Waals surface area contributed by atoms with Crippen LogP contribution >= 0.6 is 27.7 Å². The van der Waals surface area contributed by atoms with E-state index in [9.17, 15) is 0 Å². The van der Waals surface area contributed by atoms with E-state index in [1.807, 2.05) is 11.8 Å². The van der Waals surface area contributed by atoms with E-state index in [0.717, 1.165) is 16.7 Å². The molecular weight excluding hydrogens is 244 g/mol. The Morgan fingerprint density at radius 1 is 1.38 bits per heavy atom. The molecule has 0 saturated carbocycles. The van der Waals surface area contributed by atoms with Crippen LogP contribution in [0.25, 0.3) is 0 Å². The van der Waals surface area contributed by atoms with Crippen LogP contribution in [-0.2, 0) is 6.42 Å². The maximum absolute atomic E-state index is 3.82. The van der Waals surface area contributed by atoms with Crippen molar-refractivity contribution in [3.63, 3.8) is 0 Å². The molecule has 0 aliphatic carbocycles. The Bertz CT molecular complexity index is 277. The lowest BCUT2D eigenvalue weighted by Crippen LogP contribution is -1.83. The summed E-state index contributed by atoms with van der Waals surface area (Å²) < 4.78 is 1.03. The van der Waals surface area contributed by atoms with Crippen LogP contribution in [0, 0.1) is 0 Å². The molecule has 0 aliphatic heterocycles. The average Bonchev–Trinajstić information content (AvgIpc) is 2.08. The van der Waals surface area contributed by atoms with E-state index in [1.54, 1.807) is 0 Å². The number of thioether (sulfide) groups is 1. The molecule has 0 heterocycles. The number of hydrogen-bond acceptors (Lipinski definition) is 1. The standard InChI is InChI=1S/C11H13BrS/c1-3-13-11-6-4-10(5-7-11)8-9(2)12/h4-7H,2-3,8H2,1H3. The second kappa shape index (κ2) is 5.51. The van der Waals surface area contributed by atoms with Gasteiger partial charge in [0.15, 0.2) is 0 Å². The van der Waals surface area contributed by atoms with Crippen molar-refractivity contribution in [2.75, 3.05) is 5.75 Å². The summed E-state index contributed by atoms with van der Waals surface area (Å²) in [6, 6.07) is 8.65. The first-order chi connectivity index (χ1) is 6.22. The van der Waals surface area contributed by atoms with Crippen molar-refractivity contribution in [3.05, 3.63) is 40.9 Å². The minimum Gasteiger partial charge on any atom is -0.126 e. The van der Waals surface area contributed by atoms with Crippen LogP contribution in [0.3, 0.4) is 0 Å². The lowest BCUT2D eigenvalue weighted by atomic mass is 10.1. The Balaban J connectivity index is 2.64. The van der Waals surface area contributed by atoms with E-state index in [-0.39, 0.29) is 0 Å². The topological polar surface area (TPSA) is 0 Å². The Morgan fingerprint density at radius 2 is 2.00 bits per heavy atom. The van der Waals surface area contributed by atoms with E-state index in [0.29, 0.717) is 0 Å². The van der Waals surface area contributed by atoms with E-state index >= 15 is 0 Å². The number of benzene rings is 1. The number of halogens is 1. The van der Waals surface area contributed by atoms with Crippen LogP contribution in [0.5, 0.6) is 0 Å². The van der Waals surface area contributed by atoms with Gasteiger partial charge in [-0.15, -0.1) is 11.8 Å². The third-order valence-electron chi connectivity index (χ3n) is 1.63. The third kappa shape index (κ3) is 4.01. The summed E-state index contributed by atoms with van der Waals surface area (Å²) in [6.45, 7) is 5.99. The van der Waals surface area contributed by atoms with Crippen LogP contribution in [0.4, 0.5) is 0 Å². The Morgan fingerprint density at radius 3 is 2.46 bits per heavy atom. The molecule has 0 unspecified atom stereocenters. The van der Waals surface area contributed by atoms with E-state index < -0.39 is 0 Å². The van der Waals surface area contributed by atoms with Crippen LogP contribution in [0.1, 0.15) is 12.5 Å². The van der Waals surface area contributed by atoms with E-state index in [4.69, 9.17) is 0 Å². The van der Waals surface area contributed by atoms with Gasteiger partial charge in [-0.2, -0.15) is 0 Å². The van der Waals surface area contributed by atoms with Gasteiger partial charge >= 0.3 is 0 Å². The lowest BCUT2D eigenvalue weighted by Gasteiger charge is -2.01. The van der Waals surface area contributed by atoms with Crippen molar-refractivity contribution in [1.29, 1.82) is 0 Å². The molecule has 0 aliphatic rings. The molecule has 0 nitrogen and oxygen atoms in total. The summed E-state index contributed by atoms with van der Waals surface area (Å²) in [4.78, 5) is 1.34. The smallest absolute Gasteiger partial charge is 0.00720 e. The summed E-state index contributed by atoms with van der Waals surface area (Å²) >= 11 is 5.23. The fourth-order valence-corrected chi connectivity index (χ4v) is 2.08. The van der Waals surface area contributed by atoms with Gasteiger partial charge in [0.1, 0.15) is 0 Å². The fraction of sp³-hybridized carbons (Fsp3) is 0.273. The van der Waals surface area contributed by atoms with Crippen LogP contribution in [0.15, 0.2) is 40.2 Å². The molecule has 1 aromatic carbocycles. The third-order valence-corrected chi connectivity index (χ3v) is 2.80. The highest BCUT2D eigenvalue weighted by atomic mass is 79.9. The Kier molecular flexibility index (Phi) is 4.60. The monoisotopic (exact) mass is 256 g/mol. The second-order valence-corrected chi connectivity index (χ2v) is 5.23. The number of hydrogen-bond donors (Lipinski definition) is 0. The number of allylic oxidation sites excluding steroid dienone is 1. The highest BCUT2D eigenvalue weighted by molar-refractivity contribution is 9.11. The zero-order valence-electron chi connectivity index (χ0n) is 7.72. The van der Waals surface area contributed by atoms with Crippen molar-refractivity contribution in [2.24, 2.45) is 0 Å². The van der Waals surface area contributed by atoms with E-state index in [2.05, 4.69) is 53.7 Å². The molecule has 70 valence electrons. The molecule has 0 saturated heterocycles. The minimum absolute atomic E-state index is 0.914. The van der Waals surface area contributed by atoms with Crippen molar-refractivity contribution >= 4 is 27.7 Å². The first-order valence-electron chi connectivity index (χ1n) is 4.27. The largest absolute Gasteiger partial charge is 0.126 e. The van der Waals surface area contributed by atoms with Gasteiger partial charge in [-0.05, 0) is 27.9 Å². The predicted octanol–water partition coefficient (Wildman–Crippen LogP) is 4.25. The molecule has 0 atom stereocenters. The van der Waals surface area contributed by atoms with Gasteiger partial charge in [0.2, 0.25) is 0 Å². The molecule has 0 N–H and O–H groups in total. The van der Waals surface area contributed by atoms with Crippen molar-refractivity contribution in [3.8, 4) is 0 Å². The van der Waals surface area contributed by atoms with Crippen LogP contribution in [-0.4, -0.2) is 5.75 Å². The molecule has 0 radical (unpaired) electrons. The summed E-state index contributed by atoms with van der Waals surface area (Å²) in [5.41, 5.74) is 1.31. The molecule has 2 heteroatoms. The first kappa shape index (κ1) is 10.9. The van der Waals surface area contributed by atoms with Gasteiger partial charge in [-0.25, -0.2) is 0 Å². The van der Waals surface area contributed by atoms with Gasteiger partial charge < -0.3 is 0 Å². The van der Waals surface area contributed by atoms with Gasteiger partial charge in [0, 0.05) is 11.3 Å². The molecule has 0 amide bonds. The van der Waals surface area contributed by atoms with Crippen molar-refractivity contribution < 1.29 is 0 Å². The second-order valence-electron chi connectivity index (χ2n) is 2.77. The predicted molar refractivity (Wildman–Crippen MR) is 64.6 cm³/mol. The highest BCUT2D eigenvalue weighted by Gasteiger charge is 1.95. The molecule has 0 spiro atoms. The SMILES string of the molecule is C=C(Br)Cc1ccc(SCC)cc1. The van der Waals surface area contributed by atoms with Gasteiger partial charge in [0.25, 0.3) is 0 Å². The molecule has 1 aromatic rings. The summed E-state index contributed by atoms with van der Waals surface area (Å²) in [6.07, 6.45) is 0.914. The molecular formula is C11H13BrS. The molecule has 0 fully saturated rings. The van der Waals surface area contributed by atoms with Crippen LogP contribution < -0.4 is 0 Å². The zero-order chi connectivity index (χ0) is 9.68. The average molecular weight is 257 g/mol. The molecule has 1 rings (SSSR count). The lowest BCUT2D eigenvalue weighted by molar-refractivity contribution is 1.24. The molecule has 0 aromatic heterocycles. The van der Waals surface area contributed by atoms with Gasteiger partial charge in [0.05, 0.1) is 0 Å². The number of rotatable bonds is 4. The molecule has 0 bridgehead atoms. The van der Waals surface area contributed by atoms with Crippen molar-refractivity contribution in [1.82, 2.24) is 0 Å². The zero-order valence-corrected chi connectivity index (χ0v) is 10.1. The minimum atomic E-state index is 0.914. The molecule has 13 heavy (non-hydrogen) atoms. The Hall–Kier alpha value is -0.210. The summed E-state index contributed by atoms with van der Waals surface area (Å²) in [5, 5.41) is 0. The van der Waals surface area contributed by atoms with Crippen LogP contribution in [0.2, 0.25) is 0 Å². The maximum Gasteiger partial charge on any atom is 0.00720 e. The highest BCUT2D eigenvalue weighted by Crippen LogP contribution is 2.19. The maximum atomic E-state index is 3.82. The summed E-state index contributed by atoms with van der Waals surface area (Å²) in [7, 11) is 0. The van der Waals surface area contributed by atoms with Crippen molar-refractivity contribution in [2.45, 2.75) is 18.2 Å².